The zero-order chi connectivity index (χ0) is 13.5. The first-order valence-electron chi connectivity index (χ1n) is 5.88. The zero-order valence-electron chi connectivity index (χ0n) is 10.9. The molecule has 0 aliphatic heterocycles. The van der Waals surface area contributed by atoms with E-state index in [1.165, 1.54) is 6.92 Å². The van der Waals surface area contributed by atoms with E-state index >= 15 is 0 Å². The fourth-order valence-electron chi connectivity index (χ4n) is 1.34. The van der Waals surface area contributed by atoms with Crippen LogP contribution in [0.3, 0.4) is 0 Å². The van der Waals surface area contributed by atoms with Gasteiger partial charge in [0.25, 0.3) is 0 Å². The van der Waals surface area contributed by atoms with Crippen molar-refractivity contribution in [3.05, 3.63) is 24.3 Å². The molecule has 0 bridgehead atoms. The molecule has 0 spiro atoms. The minimum atomic E-state index is -0.118. The standard InChI is InChI=1S/C13H19N3O2/c1-9(2)14-8-13(18)16-12-6-4-11(5-7-12)15-10(3)17/h4-7,9,14H,8H2,1-3H3,(H,15,17)(H,16,18). The Hall–Kier alpha value is -1.88. The van der Waals surface area contributed by atoms with Gasteiger partial charge in [0, 0.05) is 24.3 Å². The second kappa shape index (κ2) is 6.76. The maximum absolute atomic E-state index is 11.5. The van der Waals surface area contributed by atoms with Crippen LogP contribution in [0.15, 0.2) is 24.3 Å². The summed E-state index contributed by atoms with van der Waals surface area (Å²) < 4.78 is 0. The summed E-state index contributed by atoms with van der Waals surface area (Å²) in [6.45, 7) is 5.70. The molecule has 0 unspecified atom stereocenters. The van der Waals surface area contributed by atoms with Gasteiger partial charge in [-0.15, -0.1) is 0 Å². The summed E-state index contributed by atoms with van der Waals surface area (Å²) in [6, 6.07) is 7.26. The fourth-order valence-corrected chi connectivity index (χ4v) is 1.34. The maximum atomic E-state index is 11.5. The van der Waals surface area contributed by atoms with Crippen LogP contribution in [-0.4, -0.2) is 24.4 Å². The lowest BCUT2D eigenvalue weighted by atomic mass is 10.2. The molecule has 2 amide bonds. The van der Waals surface area contributed by atoms with Gasteiger partial charge < -0.3 is 16.0 Å². The average molecular weight is 249 g/mol. The van der Waals surface area contributed by atoms with Crippen molar-refractivity contribution < 1.29 is 9.59 Å². The van der Waals surface area contributed by atoms with E-state index in [1.807, 2.05) is 13.8 Å². The third kappa shape index (κ3) is 5.45. The van der Waals surface area contributed by atoms with Crippen LogP contribution in [0.2, 0.25) is 0 Å². The van der Waals surface area contributed by atoms with Gasteiger partial charge in [-0.25, -0.2) is 0 Å². The van der Waals surface area contributed by atoms with E-state index in [1.54, 1.807) is 24.3 Å². The highest BCUT2D eigenvalue weighted by Crippen LogP contribution is 2.13. The number of carbonyl (C=O) groups excluding carboxylic acids is 2. The van der Waals surface area contributed by atoms with E-state index in [-0.39, 0.29) is 24.4 Å². The van der Waals surface area contributed by atoms with Crippen molar-refractivity contribution in [1.29, 1.82) is 0 Å². The van der Waals surface area contributed by atoms with Gasteiger partial charge in [0.15, 0.2) is 0 Å². The lowest BCUT2D eigenvalue weighted by Crippen LogP contribution is -2.32. The lowest BCUT2D eigenvalue weighted by Gasteiger charge is -2.09. The number of benzene rings is 1. The normalized spacial score (nSPS) is 10.2. The topological polar surface area (TPSA) is 70.2 Å². The van der Waals surface area contributed by atoms with Crippen LogP contribution >= 0.6 is 0 Å². The van der Waals surface area contributed by atoms with E-state index in [0.717, 1.165) is 0 Å². The van der Waals surface area contributed by atoms with Crippen LogP contribution in [0.4, 0.5) is 11.4 Å². The highest BCUT2D eigenvalue weighted by atomic mass is 16.2. The van der Waals surface area contributed by atoms with Gasteiger partial charge >= 0.3 is 0 Å². The number of anilines is 2. The van der Waals surface area contributed by atoms with Crippen molar-refractivity contribution in [3.63, 3.8) is 0 Å². The molecule has 5 nitrogen and oxygen atoms in total. The van der Waals surface area contributed by atoms with E-state index in [0.29, 0.717) is 11.4 Å². The first-order chi connectivity index (χ1) is 8.47. The molecule has 0 fully saturated rings. The van der Waals surface area contributed by atoms with Crippen molar-refractivity contribution in [3.8, 4) is 0 Å². The first kappa shape index (κ1) is 14.2. The molecule has 3 N–H and O–H groups in total. The molecule has 0 radical (unpaired) electrons. The number of carbonyl (C=O) groups is 2. The molecular formula is C13H19N3O2. The van der Waals surface area contributed by atoms with Crippen LogP contribution in [0.25, 0.3) is 0 Å². The van der Waals surface area contributed by atoms with Gasteiger partial charge in [0.05, 0.1) is 6.54 Å². The zero-order valence-corrected chi connectivity index (χ0v) is 10.9. The fraction of sp³-hybridized carbons (Fsp3) is 0.385. The summed E-state index contributed by atoms with van der Waals surface area (Å²) in [5, 5.41) is 8.46. The molecule has 98 valence electrons. The highest BCUT2D eigenvalue weighted by Gasteiger charge is 2.03. The molecule has 0 saturated heterocycles. The van der Waals surface area contributed by atoms with Crippen molar-refractivity contribution in [2.24, 2.45) is 0 Å². The van der Waals surface area contributed by atoms with E-state index in [2.05, 4.69) is 16.0 Å². The lowest BCUT2D eigenvalue weighted by molar-refractivity contribution is -0.115. The highest BCUT2D eigenvalue weighted by molar-refractivity contribution is 5.93. The molecule has 1 aromatic carbocycles. The Morgan fingerprint density at radius 1 is 1.06 bits per heavy atom. The number of hydrogen-bond acceptors (Lipinski definition) is 3. The SMILES string of the molecule is CC(=O)Nc1ccc(NC(=O)CNC(C)C)cc1. The van der Waals surface area contributed by atoms with Gasteiger partial charge in [-0.3, -0.25) is 9.59 Å². The Morgan fingerprint density at radius 2 is 1.56 bits per heavy atom. The quantitative estimate of drug-likeness (QED) is 0.742. The van der Waals surface area contributed by atoms with Crippen LogP contribution in [0, 0.1) is 0 Å². The summed E-state index contributed by atoms with van der Waals surface area (Å²) in [4.78, 5) is 22.4. The van der Waals surface area contributed by atoms with E-state index in [9.17, 15) is 9.59 Å². The third-order valence-electron chi connectivity index (χ3n) is 2.16. The number of amides is 2. The average Bonchev–Trinajstić information content (AvgIpc) is 2.28. The van der Waals surface area contributed by atoms with Crippen LogP contribution in [0.5, 0.6) is 0 Å². The van der Waals surface area contributed by atoms with Gasteiger partial charge in [-0.2, -0.15) is 0 Å². The predicted molar refractivity (Wildman–Crippen MR) is 72.5 cm³/mol. The Kier molecular flexibility index (Phi) is 5.32. The molecule has 1 aromatic rings. The second-order valence-electron chi connectivity index (χ2n) is 4.34. The Bertz CT molecular complexity index is 413. The van der Waals surface area contributed by atoms with E-state index < -0.39 is 0 Å². The minimum absolute atomic E-state index is 0.0871. The number of nitrogens with one attached hydrogen (secondary N) is 3. The molecule has 0 aliphatic carbocycles. The molecule has 0 atom stereocenters. The third-order valence-corrected chi connectivity index (χ3v) is 2.16. The van der Waals surface area contributed by atoms with Crippen molar-refractivity contribution in [2.45, 2.75) is 26.8 Å². The van der Waals surface area contributed by atoms with Gasteiger partial charge in [0.2, 0.25) is 11.8 Å². The molecule has 18 heavy (non-hydrogen) atoms. The molecule has 0 heterocycles. The van der Waals surface area contributed by atoms with Crippen molar-refractivity contribution in [1.82, 2.24) is 5.32 Å². The van der Waals surface area contributed by atoms with Crippen LogP contribution < -0.4 is 16.0 Å². The van der Waals surface area contributed by atoms with Gasteiger partial charge in [0.1, 0.15) is 0 Å². The second-order valence-corrected chi connectivity index (χ2v) is 4.34. The Labute approximate surface area is 107 Å². The Morgan fingerprint density at radius 3 is 2.00 bits per heavy atom. The van der Waals surface area contributed by atoms with Gasteiger partial charge in [-0.05, 0) is 24.3 Å². The van der Waals surface area contributed by atoms with Crippen LogP contribution in [-0.2, 0) is 9.59 Å². The van der Waals surface area contributed by atoms with Crippen LogP contribution in [0.1, 0.15) is 20.8 Å². The molecule has 1 rings (SSSR count). The molecule has 0 aliphatic rings. The summed E-state index contributed by atoms with van der Waals surface area (Å²) >= 11 is 0. The summed E-state index contributed by atoms with van der Waals surface area (Å²) in [6.07, 6.45) is 0. The van der Waals surface area contributed by atoms with Crippen molar-refractivity contribution >= 4 is 23.2 Å². The Balaban J connectivity index is 2.48. The van der Waals surface area contributed by atoms with E-state index in [4.69, 9.17) is 0 Å². The molecule has 5 heteroatoms. The smallest absolute Gasteiger partial charge is 0.238 e. The molecule has 0 saturated carbocycles. The maximum Gasteiger partial charge on any atom is 0.238 e. The summed E-state index contributed by atoms with van der Waals surface area (Å²) in [7, 11) is 0. The number of rotatable bonds is 5. The first-order valence-corrected chi connectivity index (χ1v) is 5.88. The summed E-state index contributed by atoms with van der Waals surface area (Å²) in [5.41, 5.74) is 1.42. The minimum Gasteiger partial charge on any atom is -0.326 e. The van der Waals surface area contributed by atoms with Crippen molar-refractivity contribution in [2.75, 3.05) is 17.2 Å². The van der Waals surface area contributed by atoms with Gasteiger partial charge in [-0.1, -0.05) is 13.8 Å². The summed E-state index contributed by atoms with van der Waals surface area (Å²) in [5.74, 6) is -0.205. The predicted octanol–water partition coefficient (Wildman–Crippen LogP) is 1.58. The molecule has 0 aromatic heterocycles. The number of hydrogen-bond donors (Lipinski definition) is 3. The molecular weight excluding hydrogens is 230 g/mol. The monoisotopic (exact) mass is 249 g/mol. The largest absolute Gasteiger partial charge is 0.326 e.